The predicted octanol–water partition coefficient (Wildman–Crippen LogP) is 3.58. The average Bonchev–Trinajstić information content (AvgIpc) is 2.52. The molecule has 0 bridgehead atoms. The van der Waals surface area contributed by atoms with Gasteiger partial charge in [-0.2, -0.15) is 0 Å². The van der Waals surface area contributed by atoms with Gasteiger partial charge in [0.1, 0.15) is 5.82 Å². The number of para-hydroxylation sites is 1. The number of nitrogens with two attached hydrogens (primary N) is 1. The molecule has 4 heteroatoms. The number of anilines is 1. The van der Waals surface area contributed by atoms with Gasteiger partial charge in [0.15, 0.2) is 0 Å². The topological polar surface area (TPSA) is 46.3 Å². The van der Waals surface area contributed by atoms with Crippen molar-refractivity contribution in [3.63, 3.8) is 0 Å². The lowest BCUT2D eigenvalue weighted by Gasteiger charge is -2.18. The largest absolute Gasteiger partial charge is 0.398 e. The number of hydrogen-bond donors (Lipinski definition) is 1. The number of hydrogen-bond acceptors (Lipinski definition) is 2. The third-order valence-electron chi connectivity index (χ3n) is 3.51. The van der Waals surface area contributed by atoms with Crippen LogP contribution in [0.5, 0.6) is 0 Å². The molecule has 0 radical (unpaired) electrons. The van der Waals surface area contributed by atoms with Crippen LogP contribution in [0, 0.1) is 5.82 Å². The molecule has 0 fully saturated rings. The molecule has 2 aromatic rings. The maximum atomic E-state index is 13.2. The maximum Gasteiger partial charge on any atom is 0.253 e. The number of halogens is 1. The van der Waals surface area contributed by atoms with E-state index >= 15 is 0 Å². The smallest absolute Gasteiger partial charge is 0.253 e. The number of nitrogen functional groups attached to an aromatic ring is 1. The molecule has 0 aliphatic carbocycles. The second kappa shape index (κ2) is 6.89. The molecule has 22 heavy (non-hydrogen) atoms. The van der Waals surface area contributed by atoms with E-state index in [4.69, 9.17) is 5.73 Å². The summed E-state index contributed by atoms with van der Waals surface area (Å²) in [5.41, 5.74) is 8.69. The van der Waals surface area contributed by atoms with Gasteiger partial charge in [0, 0.05) is 30.4 Å². The first-order valence-electron chi connectivity index (χ1n) is 7.02. The second-order valence-corrected chi connectivity index (χ2v) is 5.18. The first-order chi connectivity index (χ1) is 10.5. The van der Waals surface area contributed by atoms with Crippen molar-refractivity contribution < 1.29 is 9.18 Å². The third kappa shape index (κ3) is 3.73. The standard InChI is InChI=1S/C18H19FN2O/c1-13(16-8-3-4-9-17(16)20)10-11-21(2)18(22)14-6-5-7-15(19)12-14/h3-9,12H,1,10-11,20H2,2H3. The van der Waals surface area contributed by atoms with Crippen LogP contribution in [-0.4, -0.2) is 24.4 Å². The van der Waals surface area contributed by atoms with E-state index in [1.165, 1.54) is 18.2 Å². The average molecular weight is 298 g/mol. The minimum Gasteiger partial charge on any atom is -0.398 e. The van der Waals surface area contributed by atoms with Gasteiger partial charge < -0.3 is 10.6 Å². The summed E-state index contributed by atoms with van der Waals surface area (Å²) in [5.74, 6) is -0.631. The summed E-state index contributed by atoms with van der Waals surface area (Å²) in [6.07, 6.45) is 0.603. The van der Waals surface area contributed by atoms with Crippen molar-refractivity contribution in [3.8, 4) is 0 Å². The Hall–Kier alpha value is -2.62. The summed E-state index contributed by atoms with van der Waals surface area (Å²) in [6, 6.07) is 13.2. The summed E-state index contributed by atoms with van der Waals surface area (Å²) < 4.78 is 13.2. The van der Waals surface area contributed by atoms with Crippen molar-refractivity contribution in [1.82, 2.24) is 4.90 Å². The molecular formula is C18H19FN2O. The summed E-state index contributed by atoms with van der Waals surface area (Å²) in [5, 5.41) is 0. The van der Waals surface area contributed by atoms with Gasteiger partial charge in [0.05, 0.1) is 0 Å². The molecule has 0 unspecified atom stereocenters. The minimum atomic E-state index is -0.416. The lowest BCUT2D eigenvalue weighted by molar-refractivity contribution is 0.0797. The van der Waals surface area contributed by atoms with Crippen molar-refractivity contribution in [2.45, 2.75) is 6.42 Å². The van der Waals surface area contributed by atoms with Crippen LogP contribution < -0.4 is 5.73 Å². The fourth-order valence-corrected chi connectivity index (χ4v) is 2.20. The molecule has 0 aromatic heterocycles. The monoisotopic (exact) mass is 298 g/mol. The first kappa shape index (κ1) is 15.8. The molecule has 0 spiro atoms. The third-order valence-corrected chi connectivity index (χ3v) is 3.51. The number of carbonyl (C=O) groups is 1. The minimum absolute atomic E-state index is 0.215. The van der Waals surface area contributed by atoms with E-state index in [9.17, 15) is 9.18 Å². The summed E-state index contributed by atoms with van der Waals surface area (Å²) >= 11 is 0. The summed E-state index contributed by atoms with van der Waals surface area (Å²) in [4.78, 5) is 13.8. The number of benzene rings is 2. The molecule has 114 valence electrons. The Labute approximate surface area is 129 Å². The molecule has 0 heterocycles. The highest BCUT2D eigenvalue weighted by molar-refractivity contribution is 5.94. The highest BCUT2D eigenvalue weighted by Gasteiger charge is 2.13. The van der Waals surface area contributed by atoms with E-state index in [0.717, 1.165) is 11.1 Å². The summed E-state index contributed by atoms with van der Waals surface area (Å²) in [6.45, 7) is 4.51. The van der Waals surface area contributed by atoms with Crippen LogP contribution in [0.2, 0.25) is 0 Å². The van der Waals surface area contributed by atoms with Crippen LogP contribution in [0.3, 0.4) is 0 Å². The number of carbonyl (C=O) groups excluding carboxylic acids is 1. The van der Waals surface area contributed by atoms with Crippen molar-refractivity contribution >= 4 is 17.2 Å². The van der Waals surface area contributed by atoms with Crippen LogP contribution in [-0.2, 0) is 0 Å². The van der Waals surface area contributed by atoms with Gasteiger partial charge >= 0.3 is 0 Å². The first-order valence-corrected chi connectivity index (χ1v) is 7.02. The van der Waals surface area contributed by atoms with Crippen LogP contribution >= 0.6 is 0 Å². The van der Waals surface area contributed by atoms with Gasteiger partial charge in [-0.25, -0.2) is 4.39 Å². The van der Waals surface area contributed by atoms with Crippen LogP contribution in [0.4, 0.5) is 10.1 Å². The van der Waals surface area contributed by atoms with Crippen molar-refractivity contribution in [1.29, 1.82) is 0 Å². The molecule has 2 aromatic carbocycles. The van der Waals surface area contributed by atoms with Gasteiger partial charge in [-0.3, -0.25) is 4.79 Å². The van der Waals surface area contributed by atoms with E-state index in [0.29, 0.717) is 24.2 Å². The Morgan fingerprint density at radius 1 is 1.23 bits per heavy atom. The molecule has 0 atom stereocenters. The maximum absolute atomic E-state index is 13.2. The number of nitrogens with zero attached hydrogens (tertiary/aromatic N) is 1. The molecule has 1 amide bonds. The van der Waals surface area contributed by atoms with E-state index in [2.05, 4.69) is 6.58 Å². The molecule has 0 saturated carbocycles. The Kier molecular flexibility index (Phi) is 4.94. The van der Waals surface area contributed by atoms with Gasteiger partial charge in [0.2, 0.25) is 0 Å². The van der Waals surface area contributed by atoms with E-state index in [1.807, 2.05) is 24.3 Å². The Balaban J connectivity index is 1.98. The molecule has 0 aliphatic heterocycles. The molecule has 2 rings (SSSR count). The fourth-order valence-electron chi connectivity index (χ4n) is 2.20. The van der Waals surface area contributed by atoms with Gasteiger partial charge in [0.25, 0.3) is 5.91 Å². The molecule has 0 aliphatic rings. The Bertz CT molecular complexity index is 697. The Morgan fingerprint density at radius 3 is 2.64 bits per heavy atom. The lowest BCUT2D eigenvalue weighted by atomic mass is 10.0. The van der Waals surface area contributed by atoms with Crippen LogP contribution in [0.15, 0.2) is 55.1 Å². The zero-order valence-corrected chi connectivity index (χ0v) is 12.6. The molecular weight excluding hydrogens is 279 g/mol. The quantitative estimate of drug-likeness (QED) is 0.858. The SMILES string of the molecule is C=C(CCN(C)C(=O)c1cccc(F)c1)c1ccccc1N. The van der Waals surface area contributed by atoms with E-state index < -0.39 is 5.82 Å². The van der Waals surface area contributed by atoms with Crippen LogP contribution in [0.25, 0.3) is 5.57 Å². The summed E-state index contributed by atoms with van der Waals surface area (Å²) in [7, 11) is 1.69. The van der Waals surface area contributed by atoms with Gasteiger partial charge in [-0.15, -0.1) is 0 Å². The van der Waals surface area contributed by atoms with Crippen molar-refractivity contribution in [3.05, 3.63) is 72.1 Å². The molecule has 3 nitrogen and oxygen atoms in total. The van der Waals surface area contributed by atoms with E-state index in [1.54, 1.807) is 18.0 Å². The fraction of sp³-hybridized carbons (Fsp3) is 0.167. The lowest BCUT2D eigenvalue weighted by Crippen LogP contribution is -2.27. The molecule has 0 saturated heterocycles. The van der Waals surface area contributed by atoms with Crippen molar-refractivity contribution in [2.24, 2.45) is 0 Å². The predicted molar refractivity (Wildman–Crippen MR) is 87.9 cm³/mol. The molecule has 2 N–H and O–H groups in total. The highest BCUT2D eigenvalue weighted by Crippen LogP contribution is 2.22. The second-order valence-electron chi connectivity index (χ2n) is 5.18. The normalized spacial score (nSPS) is 10.3. The number of rotatable bonds is 5. The van der Waals surface area contributed by atoms with E-state index in [-0.39, 0.29) is 5.91 Å². The van der Waals surface area contributed by atoms with Gasteiger partial charge in [-0.1, -0.05) is 30.8 Å². The van der Waals surface area contributed by atoms with Crippen LogP contribution in [0.1, 0.15) is 22.3 Å². The van der Waals surface area contributed by atoms with Crippen molar-refractivity contribution in [2.75, 3.05) is 19.3 Å². The Morgan fingerprint density at radius 2 is 1.95 bits per heavy atom. The zero-order chi connectivity index (χ0) is 16.1. The van der Waals surface area contributed by atoms with Gasteiger partial charge in [-0.05, 0) is 36.3 Å². The number of amides is 1. The zero-order valence-electron chi connectivity index (χ0n) is 12.6. The highest BCUT2D eigenvalue weighted by atomic mass is 19.1.